The molecule has 3 rings (SSSR count). The van der Waals surface area contributed by atoms with E-state index in [1.807, 2.05) is 0 Å². The molecular formula is C20H36N2O. The highest BCUT2D eigenvalue weighted by Crippen LogP contribution is 2.53. The summed E-state index contributed by atoms with van der Waals surface area (Å²) >= 11 is 0. The van der Waals surface area contributed by atoms with E-state index in [2.05, 4.69) is 37.5 Å². The summed E-state index contributed by atoms with van der Waals surface area (Å²) in [4.78, 5) is 17.5. The van der Waals surface area contributed by atoms with Gasteiger partial charge < -0.3 is 9.80 Å². The summed E-state index contributed by atoms with van der Waals surface area (Å²) in [6, 6.07) is 0.673. The highest BCUT2D eigenvalue weighted by atomic mass is 16.2. The molecule has 1 amide bonds. The fourth-order valence-electron chi connectivity index (χ4n) is 5.13. The minimum atomic E-state index is 0.344. The van der Waals surface area contributed by atoms with Crippen LogP contribution in [0.15, 0.2) is 0 Å². The Balaban J connectivity index is 1.44. The summed E-state index contributed by atoms with van der Waals surface area (Å²) in [6.45, 7) is 13.7. The molecular weight excluding hydrogens is 284 g/mol. The lowest BCUT2D eigenvalue weighted by Gasteiger charge is -2.53. The van der Waals surface area contributed by atoms with Crippen LogP contribution in [0.5, 0.6) is 0 Å². The highest BCUT2D eigenvalue weighted by molar-refractivity contribution is 5.80. The fraction of sp³-hybridized carbons (Fsp3) is 0.950. The van der Waals surface area contributed by atoms with Crippen molar-refractivity contribution in [1.29, 1.82) is 0 Å². The number of amides is 1. The standard InChI is InChI=1S/C20H36N2O/c1-15(2)17-5-9-22(10-6-17)19(23)18-13-20(14-18)7-11-21(12-8-20)16(3)4/h15-18H,5-14H2,1-4H3. The van der Waals surface area contributed by atoms with Gasteiger partial charge in [0, 0.05) is 25.0 Å². The Morgan fingerprint density at radius 2 is 1.52 bits per heavy atom. The van der Waals surface area contributed by atoms with Crippen LogP contribution >= 0.6 is 0 Å². The predicted octanol–water partition coefficient (Wildman–Crippen LogP) is 3.78. The zero-order chi connectivity index (χ0) is 16.6. The molecule has 0 N–H and O–H groups in total. The zero-order valence-electron chi connectivity index (χ0n) is 15.7. The largest absolute Gasteiger partial charge is 0.342 e. The van der Waals surface area contributed by atoms with Gasteiger partial charge in [-0.2, -0.15) is 0 Å². The first kappa shape index (κ1) is 17.3. The number of piperidine rings is 2. The Kier molecular flexibility index (Phi) is 5.06. The topological polar surface area (TPSA) is 23.6 Å². The average Bonchev–Trinajstić information content (AvgIpc) is 2.52. The van der Waals surface area contributed by atoms with Crippen molar-refractivity contribution >= 4 is 5.91 Å². The van der Waals surface area contributed by atoms with Crippen LogP contribution < -0.4 is 0 Å². The van der Waals surface area contributed by atoms with Crippen LogP contribution in [0.25, 0.3) is 0 Å². The highest BCUT2D eigenvalue weighted by Gasteiger charge is 2.49. The van der Waals surface area contributed by atoms with Gasteiger partial charge in [0.05, 0.1) is 0 Å². The summed E-state index contributed by atoms with van der Waals surface area (Å²) in [7, 11) is 0. The maximum Gasteiger partial charge on any atom is 0.225 e. The SMILES string of the molecule is CC(C)C1CCN(C(=O)C2CC3(CCN(C(C)C)CC3)C2)CC1. The first-order valence-corrected chi connectivity index (χ1v) is 9.93. The van der Waals surface area contributed by atoms with E-state index in [0.29, 0.717) is 23.3 Å². The normalized spacial score (nSPS) is 27.0. The second-order valence-electron chi connectivity index (χ2n) is 9.14. The number of hydrogen-bond donors (Lipinski definition) is 0. The maximum absolute atomic E-state index is 12.8. The van der Waals surface area contributed by atoms with E-state index in [1.54, 1.807) is 0 Å². The second kappa shape index (κ2) is 6.74. The van der Waals surface area contributed by atoms with Gasteiger partial charge in [0.1, 0.15) is 0 Å². The lowest BCUT2D eigenvalue weighted by atomic mass is 9.57. The van der Waals surface area contributed by atoms with Crippen LogP contribution in [0.1, 0.15) is 66.2 Å². The van der Waals surface area contributed by atoms with Crippen molar-refractivity contribution in [2.45, 2.75) is 72.3 Å². The molecule has 0 aromatic heterocycles. The molecule has 23 heavy (non-hydrogen) atoms. The lowest BCUT2D eigenvalue weighted by molar-refractivity contribution is -0.147. The van der Waals surface area contributed by atoms with Crippen LogP contribution in [-0.2, 0) is 4.79 Å². The summed E-state index contributed by atoms with van der Waals surface area (Å²) in [6.07, 6.45) is 7.38. The first-order valence-electron chi connectivity index (χ1n) is 9.93. The van der Waals surface area contributed by atoms with Gasteiger partial charge in [0.2, 0.25) is 5.91 Å². The van der Waals surface area contributed by atoms with Gasteiger partial charge in [-0.25, -0.2) is 0 Å². The summed E-state index contributed by atoms with van der Waals surface area (Å²) in [5, 5.41) is 0. The molecule has 2 heterocycles. The molecule has 132 valence electrons. The third-order valence-electron chi connectivity index (χ3n) is 7.09. The van der Waals surface area contributed by atoms with Gasteiger partial charge in [-0.1, -0.05) is 13.8 Å². The van der Waals surface area contributed by atoms with E-state index in [1.165, 1.54) is 51.6 Å². The fourth-order valence-corrected chi connectivity index (χ4v) is 5.13. The monoisotopic (exact) mass is 320 g/mol. The van der Waals surface area contributed by atoms with Crippen LogP contribution in [0.3, 0.4) is 0 Å². The van der Waals surface area contributed by atoms with Gasteiger partial charge in [-0.15, -0.1) is 0 Å². The van der Waals surface area contributed by atoms with E-state index in [4.69, 9.17) is 0 Å². The number of carbonyl (C=O) groups is 1. The molecule has 0 aromatic rings. The minimum absolute atomic E-state index is 0.344. The molecule has 0 atom stereocenters. The van der Waals surface area contributed by atoms with Crippen molar-refractivity contribution in [3.05, 3.63) is 0 Å². The van der Waals surface area contributed by atoms with Gasteiger partial charge in [0.15, 0.2) is 0 Å². The molecule has 1 spiro atoms. The molecule has 1 saturated carbocycles. The predicted molar refractivity (Wildman–Crippen MR) is 95.2 cm³/mol. The quantitative estimate of drug-likeness (QED) is 0.790. The Morgan fingerprint density at radius 1 is 0.957 bits per heavy atom. The van der Waals surface area contributed by atoms with Crippen molar-refractivity contribution in [2.75, 3.05) is 26.2 Å². The molecule has 3 aliphatic rings. The molecule has 3 fully saturated rings. The van der Waals surface area contributed by atoms with E-state index in [0.717, 1.165) is 24.9 Å². The molecule has 0 unspecified atom stereocenters. The Labute approximate surface area is 142 Å². The first-order chi connectivity index (χ1) is 10.9. The van der Waals surface area contributed by atoms with Crippen molar-refractivity contribution in [1.82, 2.24) is 9.80 Å². The third kappa shape index (κ3) is 3.60. The van der Waals surface area contributed by atoms with Crippen molar-refractivity contribution in [3.63, 3.8) is 0 Å². The van der Waals surface area contributed by atoms with Crippen LogP contribution in [0, 0.1) is 23.2 Å². The average molecular weight is 321 g/mol. The number of hydrogen-bond acceptors (Lipinski definition) is 2. The molecule has 0 aromatic carbocycles. The Morgan fingerprint density at radius 3 is 2.00 bits per heavy atom. The summed E-state index contributed by atoms with van der Waals surface area (Å²) < 4.78 is 0. The minimum Gasteiger partial charge on any atom is -0.342 e. The molecule has 0 radical (unpaired) electrons. The van der Waals surface area contributed by atoms with E-state index in [-0.39, 0.29) is 0 Å². The maximum atomic E-state index is 12.8. The summed E-state index contributed by atoms with van der Waals surface area (Å²) in [5.41, 5.74) is 0.516. The van der Waals surface area contributed by atoms with E-state index >= 15 is 0 Å². The van der Waals surface area contributed by atoms with E-state index in [9.17, 15) is 4.79 Å². The Hall–Kier alpha value is -0.570. The smallest absolute Gasteiger partial charge is 0.225 e. The number of likely N-dealkylation sites (tertiary alicyclic amines) is 2. The molecule has 3 nitrogen and oxygen atoms in total. The number of nitrogens with zero attached hydrogens (tertiary/aromatic N) is 2. The molecule has 3 heteroatoms. The van der Waals surface area contributed by atoms with Gasteiger partial charge >= 0.3 is 0 Å². The van der Waals surface area contributed by atoms with Crippen molar-refractivity contribution in [3.8, 4) is 0 Å². The number of carbonyl (C=O) groups excluding carboxylic acids is 1. The lowest BCUT2D eigenvalue weighted by Crippen LogP contribution is -2.53. The summed E-state index contributed by atoms with van der Waals surface area (Å²) in [5.74, 6) is 2.41. The Bertz CT molecular complexity index is 407. The van der Waals surface area contributed by atoms with Gasteiger partial charge in [0.25, 0.3) is 0 Å². The molecule has 0 bridgehead atoms. The molecule has 2 aliphatic heterocycles. The zero-order valence-corrected chi connectivity index (χ0v) is 15.7. The molecule has 2 saturated heterocycles. The number of rotatable bonds is 3. The van der Waals surface area contributed by atoms with Gasteiger partial charge in [-0.05, 0) is 82.7 Å². The second-order valence-corrected chi connectivity index (χ2v) is 9.14. The third-order valence-corrected chi connectivity index (χ3v) is 7.09. The van der Waals surface area contributed by atoms with Crippen molar-refractivity contribution < 1.29 is 4.79 Å². The molecule has 1 aliphatic carbocycles. The van der Waals surface area contributed by atoms with Crippen LogP contribution in [-0.4, -0.2) is 47.9 Å². The van der Waals surface area contributed by atoms with Crippen molar-refractivity contribution in [2.24, 2.45) is 23.2 Å². The van der Waals surface area contributed by atoms with Crippen LogP contribution in [0.4, 0.5) is 0 Å². The van der Waals surface area contributed by atoms with Crippen LogP contribution in [0.2, 0.25) is 0 Å². The van der Waals surface area contributed by atoms with Gasteiger partial charge in [-0.3, -0.25) is 4.79 Å². The van der Waals surface area contributed by atoms with E-state index < -0.39 is 0 Å².